The van der Waals surface area contributed by atoms with Crippen LogP contribution in [0.1, 0.15) is 145 Å². The van der Waals surface area contributed by atoms with E-state index in [0.29, 0.717) is 33.0 Å². The highest BCUT2D eigenvalue weighted by molar-refractivity contribution is 7.86. The summed E-state index contributed by atoms with van der Waals surface area (Å²) in [5.74, 6) is 0. The first-order valence-electron chi connectivity index (χ1n) is 31.0. The van der Waals surface area contributed by atoms with Crippen LogP contribution in [0.5, 0.6) is 0 Å². The Morgan fingerprint density at radius 2 is 0.868 bits per heavy atom. The standard InChI is InChI=1S/C19H27BN2O3.C17H20O4S.C12H21BN2O3.C10H14O2.C9H15BN2O2/c1-15(13-23-14-16-9-7-6-8-10-16)22-12-17(11-21-22)20-24-18(2,3)19(4,5)25-20;1-14-8-10-17(11-9-14)22(18,19)21-15(2)12-20-13-16-6-4-3-5-7-16;1-9(8-16)15-7-10(6-14-15)13-17-11(2,3)12(4,5)18-13;1-9(11)7-12-8-10-5-3-2-4-6-10;1-8(2)9(3,4)14-10(13-8)7-5-11-12-6-7/h6-12,15H,13-14H2,1-5H3;3-11,15H,12-13H2,1-2H3;6-7,9,16H,8H2,1-5H3;2-6,9,11H,7-8H2,1H3;5-6H,1-4H3,(H,11,12)/t2*15-;2*9-;/m0101./s1. The van der Waals surface area contributed by atoms with E-state index < -0.39 is 23.3 Å². The minimum Gasteiger partial charge on any atom is -0.399 e. The zero-order valence-electron chi connectivity index (χ0n) is 56.4. The first-order chi connectivity index (χ1) is 42.7. The van der Waals surface area contributed by atoms with Crippen molar-refractivity contribution in [2.45, 2.75) is 200 Å². The lowest BCUT2D eigenvalue weighted by Gasteiger charge is -2.32. The van der Waals surface area contributed by atoms with Crippen LogP contribution in [0.2, 0.25) is 0 Å². The maximum Gasteiger partial charge on any atom is 0.498 e. The Morgan fingerprint density at radius 3 is 1.23 bits per heavy atom. The Labute approximate surface area is 541 Å². The normalized spacial score (nSPS) is 18.6. The fourth-order valence-corrected chi connectivity index (χ4v) is 9.75. The number of rotatable bonds is 21. The molecule has 10 rings (SSSR count). The van der Waals surface area contributed by atoms with Gasteiger partial charge in [-0.1, -0.05) is 109 Å². The largest absolute Gasteiger partial charge is 0.498 e. The number of nitrogens with one attached hydrogen (secondary N) is 1. The minimum absolute atomic E-state index is 0.0406. The number of nitrogens with zero attached hydrogens (tertiary/aromatic N) is 5. The third kappa shape index (κ3) is 21.9. The van der Waals surface area contributed by atoms with Crippen LogP contribution in [0.25, 0.3) is 0 Å². The summed E-state index contributed by atoms with van der Waals surface area (Å²) in [4.78, 5) is 0.160. The summed E-state index contributed by atoms with van der Waals surface area (Å²) in [6.07, 6.45) is 9.99. The van der Waals surface area contributed by atoms with Gasteiger partial charge in [0.25, 0.3) is 10.1 Å². The van der Waals surface area contributed by atoms with E-state index in [1.807, 2.05) is 171 Å². The monoisotopic (exact) mass is 1270 g/mol. The van der Waals surface area contributed by atoms with Gasteiger partial charge in [0.15, 0.2) is 0 Å². The summed E-state index contributed by atoms with van der Waals surface area (Å²) in [5.41, 5.74) is 5.16. The average Bonchev–Trinajstić information content (AvgIpc) is 1.78. The first kappa shape index (κ1) is 74.2. The molecule has 0 bridgehead atoms. The Hall–Kier alpha value is -5.83. The van der Waals surface area contributed by atoms with Gasteiger partial charge in [-0.3, -0.25) is 18.6 Å². The van der Waals surface area contributed by atoms with Crippen LogP contribution >= 0.6 is 0 Å². The summed E-state index contributed by atoms with van der Waals surface area (Å²) in [7, 11) is -4.83. The lowest BCUT2D eigenvalue weighted by molar-refractivity contribution is 0.00578. The Bertz CT molecular complexity index is 3290. The van der Waals surface area contributed by atoms with Crippen LogP contribution in [-0.2, 0) is 76.3 Å². The molecule has 494 valence electrons. The molecule has 24 heteroatoms. The average molecular weight is 1280 g/mol. The van der Waals surface area contributed by atoms with E-state index in [0.717, 1.165) is 33.1 Å². The van der Waals surface area contributed by atoms with E-state index in [1.54, 1.807) is 61.4 Å². The number of aliphatic hydroxyl groups excluding tert-OH is 2. The van der Waals surface area contributed by atoms with E-state index in [1.165, 1.54) is 5.56 Å². The Morgan fingerprint density at radius 1 is 0.505 bits per heavy atom. The highest BCUT2D eigenvalue weighted by Crippen LogP contribution is 2.38. The molecular formula is C67H97B3N6O14S. The summed E-state index contributed by atoms with van der Waals surface area (Å²) >= 11 is 0. The van der Waals surface area contributed by atoms with E-state index in [-0.39, 0.29) is 84.1 Å². The van der Waals surface area contributed by atoms with Gasteiger partial charge in [-0.05, 0) is 147 Å². The second-order valence-corrected chi connectivity index (χ2v) is 27.8. The van der Waals surface area contributed by atoms with Gasteiger partial charge >= 0.3 is 21.4 Å². The molecule has 4 aromatic carbocycles. The zero-order valence-corrected chi connectivity index (χ0v) is 57.2. The van der Waals surface area contributed by atoms with Crippen molar-refractivity contribution in [3.8, 4) is 0 Å². The van der Waals surface area contributed by atoms with Crippen molar-refractivity contribution in [3.05, 3.63) is 175 Å². The van der Waals surface area contributed by atoms with Crippen LogP contribution in [0.3, 0.4) is 0 Å². The van der Waals surface area contributed by atoms with Crippen LogP contribution in [-0.4, -0.2) is 142 Å². The molecule has 20 nitrogen and oxygen atoms in total. The van der Waals surface area contributed by atoms with Crippen molar-refractivity contribution in [2.24, 2.45) is 0 Å². The van der Waals surface area contributed by atoms with Crippen molar-refractivity contribution < 1.29 is 65.0 Å². The molecule has 0 radical (unpaired) electrons. The van der Waals surface area contributed by atoms with E-state index >= 15 is 0 Å². The maximum atomic E-state index is 12.1. The Balaban J connectivity index is 0.000000185. The van der Waals surface area contributed by atoms with Crippen LogP contribution in [0.15, 0.2) is 157 Å². The van der Waals surface area contributed by atoms with Crippen LogP contribution in [0.4, 0.5) is 0 Å². The number of hydrogen-bond donors (Lipinski definition) is 3. The molecule has 4 atom stereocenters. The molecule has 3 saturated heterocycles. The Kier molecular flexibility index (Phi) is 26.8. The predicted octanol–water partition coefficient (Wildman–Crippen LogP) is 9.29. The molecular weight excluding hydrogens is 1180 g/mol. The third-order valence-electron chi connectivity index (χ3n) is 16.5. The summed E-state index contributed by atoms with van der Waals surface area (Å²) in [6, 6.07) is 36.5. The predicted molar refractivity (Wildman–Crippen MR) is 356 cm³/mol. The highest BCUT2D eigenvalue weighted by Gasteiger charge is 2.54. The summed E-state index contributed by atoms with van der Waals surface area (Å²) < 4.78 is 85.2. The molecule has 3 aromatic heterocycles. The van der Waals surface area contributed by atoms with Crippen molar-refractivity contribution >= 4 is 47.9 Å². The van der Waals surface area contributed by atoms with E-state index in [2.05, 4.69) is 67.1 Å². The number of aromatic amines is 1. The molecule has 3 aliphatic heterocycles. The van der Waals surface area contributed by atoms with Gasteiger partial charge in [-0.15, -0.1) is 0 Å². The smallest absolute Gasteiger partial charge is 0.399 e. The molecule has 7 aromatic rings. The molecule has 0 saturated carbocycles. The van der Waals surface area contributed by atoms with E-state index in [4.69, 9.17) is 56.5 Å². The van der Waals surface area contributed by atoms with Crippen molar-refractivity contribution in [3.63, 3.8) is 0 Å². The van der Waals surface area contributed by atoms with Crippen molar-refractivity contribution in [2.75, 3.05) is 26.4 Å². The number of aromatic nitrogens is 6. The molecule has 91 heavy (non-hydrogen) atoms. The second kappa shape index (κ2) is 32.8. The first-order valence-corrected chi connectivity index (χ1v) is 32.4. The fourth-order valence-electron chi connectivity index (χ4n) is 8.68. The molecule has 0 unspecified atom stereocenters. The molecule has 0 aliphatic carbocycles. The lowest BCUT2D eigenvalue weighted by Crippen LogP contribution is -2.41. The number of aryl methyl sites for hydroxylation is 1. The van der Waals surface area contributed by atoms with Crippen LogP contribution in [0, 0.1) is 6.92 Å². The number of aliphatic hydroxyl groups is 2. The fraction of sp³-hybridized carbons (Fsp3) is 0.507. The third-order valence-corrected chi connectivity index (χ3v) is 17.9. The minimum atomic E-state index is -3.75. The number of hydrogen-bond acceptors (Lipinski definition) is 17. The number of H-pyrrole nitrogens is 1. The molecule has 0 amide bonds. The summed E-state index contributed by atoms with van der Waals surface area (Å²) in [6.45, 7) is 36.6. The number of benzene rings is 4. The van der Waals surface area contributed by atoms with Gasteiger partial charge in [0, 0.05) is 53.6 Å². The molecule has 3 fully saturated rings. The van der Waals surface area contributed by atoms with Gasteiger partial charge in [0.05, 0.1) is 109 Å². The second-order valence-electron chi connectivity index (χ2n) is 26.2. The lowest BCUT2D eigenvalue weighted by atomic mass is 9.82. The highest BCUT2D eigenvalue weighted by atomic mass is 32.2. The van der Waals surface area contributed by atoms with E-state index in [9.17, 15) is 8.42 Å². The van der Waals surface area contributed by atoms with Gasteiger partial charge in [-0.25, -0.2) is 0 Å². The van der Waals surface area contributed by atoms with Gasteiger partial charge < -0.3 is 52.3 Å². The van der Waals surface area contributed by atoms with Crippen molar-refractivity contribution in [1.29, 1.82) is 0 Å². The molecule has 3 N–H and O–H groups in total. The molecule has 0 spiro atoms. The topological polar surface area (TPSA) is 231 Å². The van der Waals surface area contributed by atoms with Gasteiger partial charge in [0.2, 0.25) is 0 Å². The summed E-state index contributed by atoms with van der Waals surface area (Å²) in [5, 5.41) is 33.3. The zero-order chi connectivity index (χ0) is 66.8. The quantitative estimate of drug-likeness (QED) is 0.0449. The SMILES string of the molecule is CC1(C)OB(c2cn[nH]c2)OC1(C)C.C[C@@H](CO)n1cc(B2OC(C)(C)C(C)(C)O2)cn1.C[C@@H](COCc1ccccc1)n1cc(B2OC(C)(C)C(C)(C)O2)cn1.C[C@@H](O)COCc1ccccc1.Cc1ccc(S(=O)(=O)O[C@H](C)COCc2ccccc2)cc1. The van der Waals surface area contributed by atoms with Gasteiger partial charge in [-0.2, -0.15) is 23.7 Å². The van der Waals surface area contributed by atoms with Gasteiger partial charge in [0.1, 0.15) is 0 Å². The molecule has 3 aliphatic rings. The number of ether oxygens (including phenoxy) is 3. The van der Waals surface area contributed by atoms with Crippen LogP contribution < -0.4 is 16.4 Å². The maximum absolute atomic E-state index is 12.1. The van der Waals surface area contributed by atoms with Crippen molar-refractivity contribution in [1.82, 2.24) is 29.8 Å². The molecule has 6 heterocycles.